The molecule has 1 atom stereocenters. The summed E-state index contributed by atoms with van der Waals surface area (Å²) in [4.78, 5) is 25.1. The second-order valence-electron chi connectivity index (χ2n) is 8.15. The van der Waals surface area contributed by atoms with Crippen LogP contribution in [0.1, 0.15) is 44.7 Å². The molecule has 10 heteroatoms. The van der Waals surface area contributed by atoms with E-state index in [-0.39, 0.29) is 27.8 Å². The Hall–Kier alpha value is -4.80. The Morgan fingerprint density at radius 1 is 1.22 bits per heavy atom. The molecule has 3 aromatic heterocycles. The number of fused-ring (bicyclic) bond motifs is 1. The van der Waals surface area contributed by atoms with Crippen LogP contribution in [-0.2, 0) is 12.6 Å². The molecule has 4 rings (SSSR count). The monoisotopic (exact) mass is 487 g/mol. The maximum Gasteiger partial charge on any atom is 0.256 e. The summed E-state index contributed by atoms with van der Waals surface area (Å²) in [5, 5.41) is 25.2. The van der Waals surface area contributed by atoms with Crippen LogP contribution in [-0.4, -0.2) is 25.2 Å². The van der Waals surface area contributed by atoms with E-state index in [1.165, 1.54) is 40.7 Å². The minimum Gasteiger partial charge on any atom is -0.379 e. The van der Waals surface area contributed by atoms with Crippen molar-refractivity contribution in [3.05, 3.63) is 104 Å². The first-order valence-corrected chi connectivity index (χ1v) is 10.6. The Labute approximate surface area is 203 Å². The Balaban J connectivity index is 1.95. The first kappa shape index (κ1) is 24.3. The molecule has 0 radical (unpaired) electrons. The van der Waals surface area contributed by atoms with E-state index in [0.717, 1.165) is 18.2 Å². The molecule has 0 aliphatic heterocycles. The average Bonchev–Trinajstić information content (AvgIpc) is 3.27. The summed E-state index contributed by atoms with van der Waals surface area (Å²) >= 11 is 0. The molecular weight excluding hydrogens is 468 g/mol. The van der Waals surface area contributed by atoms with Crippen LogP contribution in [0.25, 0.3) is 5.52 Å². The molecule has 8 nitrogen and oxygen atoms in total. The Bertz CT molecular complexity index is 1710. The molecule has 0 aliphatic carbocycles. The van der Waals surface area contributed by atoms with E-state index < -0.39 is 40.7 Å². The zero-order valence-electron chi connectivity index (χ0n) is 19.2. The van der Waals surface area contributed by atoms with Crippen molar-refractivity contribution in [2.24, 2.45) is 12.8 Å². The number of carbonyl (C=O) groups is 1. The Morgan fingerprint density at radius 3 is 2.67 bits per heavy atom. The number of carbonyl (C=O) groups excluding carboxylic acids is 1. The fraction of sp³-hybridized carbons (Fsp3) is 0.154. The summed E-state index contributed by atoms with van der Waals surface area (Å²) in [5.41, 5.74) is 2.81. The van der Waals surface area contributed by atoms with Gasteiger partial charge >= 0.3 is 0 Å². The number of aromatic nitrogens is 3. The van der Waals surface area contributed by atoms with Gasteiger partial charge in [-0.3, -0.25) is 9.59 Å². The predicted molar refractivity (Wildman–Crippen MR) is 126 cm³/mol. The summed E-state index contributed by atoms with van der Waals surface area (Å²) < 4.78 is 31.6. The van der Waals surface area contributed by atoms with Gasteiger partial charge in [0.25, 0.3) is 5.56 Å². The van der Waals surface area contributed by atoms with Crippen LogP contribution in [0.2, 0.25) is 0 Å². The number of hydrogen-bond acceptors (Lipinski definition) is 5. The quantitative estimate of drug-likeness (QED) is 0.427. The predicted octanol–water partition coefficient (Wildman–Crippen LogP) is 2.27. The van der Waals surface area contributed by atoms with Gasteiger partial charge in [-0.15, -0.1) is 0 Å². The minimum absolute atomic E-state index is 0.00118. The highest BCUT2D eigenvalue weighted by atomic mass is 19.1. The number of nitrogens with zero attached hydrogens (tertiary/aromatic N) is 4. The highest BCUT2D eigenvalue weighted by Gasteiger charge is 2.37. The Morgan fingerprint density at radius 2 is 1.97 bits per heavy atom. The van der Waals surface area contributed by atoms with Crippen molar-refractivity contribution in [3.63, 3.8) is 0 Å². The number of aliphatic hydroxyl groups is 1. The number of halogens is 2. The summed E-state index contributed by atoms with van der Waals surface area (Å²) in [7, 11) is 1.48. The van der Waals surface area contributed by atoms with Gasteiger partial charge in [-0.1, -0.05) is 11.8 Å². The zero-order valence-corrected chi connectivity index (χ0v) is 19.2. The van der Waals surface area contributed by atoms with Crippen LogP contribution in [0.4, 0.5) is 8.78 Å². The van der Waals surface area contributed by atoms with Gasteiger partial charge in [-0.05, 0) is 43.3 Å². The van der Waals surface area contributed by atoms with Crippen LogP contribution in [0.15, 0.2) is 53.6 Å². The van der Waals surface area contributed by atoms with Gasteiger partial charge in [0.15, 0.2) is 0 Å². The van der Waals surface area contributed by atoms with Crippen molar-refractivity contribution in [2.75, 3.05) is 0 Å². The lowest BCUT2D eigenvalue weighted by atomic mass is 9.83. The number of aryl methyl sites for hydroxylation is 1. The van der Waals surface area contributed by atoms with Crippen molar-refractivity contribution < 1.29 is 18.7 Å². The molecule has 0 saturated heterocycles. The van der Waals surface area contributed by atoms with Gasteiger partial charge in [0.2, 0.25) is 5.91 Å². The molecule has 36 heavy (non-hydrogen) atoms. The highest BCUT2D eigenvalue weighted by Crippen LogP contribution is 2.33. The Kier molecular flexibility index (Phi) is 6.15. The smallest absolute Gasteiger partial charge is 0.256 e. The molecule has 4 aromatic rings. The second-order valence-corrected chi connectivity index (χ2v) is 8.15. The van der Waals surface area contributed by atoms with Gasteiger partial charge in [0.1, 0.15) is 28.8 Å². The number of primary amides is 1. The van der Waals surface area contributed by atoms with E-state index >= 15 is 0 Å². The molecule has 1 amide bonds. The van der Waals surface area contributed by atoms with Crippen molar-refractivity contribution in [3.8, 4) is 17.9 Å². The van der Waals surface area contributed by atoms with Gasteiger partial charge in [0.05, 0.1) is 28.5 Å². The maximum absolute atomic E-state index is 14.9. The third-order valence-corrected chi connectivity index (χ3v) is 6.00. The molecule has 180 valence electrons. The average molecular weight is 487 g/mol. The van der Waals surface area contributed by atoms with Crippen LogP contribution >= 0.6 is 0 Å². The molecule has 0 saturated carbocycles. The molecular formula is C26H19F2N5O3. The summed E-state index contributed by atoms with van der Waals surface area (Å²) in [6, 6.07) is 8.77. The molecule has 0 bridgehead atoms. The lowest BCUT2D eigenvalue weighted by Crippen LogP contribution is -2.37. The van der Waals surface area contributed by atoms with Gasteiger partial charge in [-0.25, -0.2) is 13.3 Å². The third kappa shape index (κ3) is 4.00. The van der Waals surface area contributed by atoms with Crippen LogP contribution in [0, 0.1) is 41.7 Å². The number of amides is 1. The number of hydrogen-bond donors (Lipinski definition) is 2. The SMILES string of the molecule is Cc1ccc(C(O)(CC#Cc2c(C(N)=O)ccn3ncc(C#N)c23)c2cc(F)ccc2F)c(=O)n1C. The van der Waals surface area contributed by atoms with E-state index in [1.807, 2.05) is 6.07 Å². The lowest BCUT2D eigenvalue weighted by Gasteiger charge is -2.27. The molecule has 0 aliphatic rings. The van der Waals surface area contributed by atoms with E-state index in [1.54, 1.807) is 13.0 Å². The molecule has 3 heterocycles. The molecule has 3 N–H and O–H groups in total. The van der Waals surface area contributed by atoms with Gasteiger partial charge < -0.3 is 15.4 Å². The van der Waals surface area contributed by atoms with Gasteiger partial charge in [-0.2, -0.15) is 10.4 Å². The normalized spacial score (nSPS) is 12.4. The highest BCUT2D eigenvalue weighted by molar-refractivity contribution is 5.98. The molecule has 1 unspecified atom stereocenters. The van der Waals surface area contributed by atoms with Gasteiger partial charge in [0, 0.05) is 30.9 Å². The molecule has 0 spiro atoms. The third-order valence-electron chi connectivity index (χ3n) is 6.00. The van der Waals surface area contributed by atoms with Crippen molar-refractivity contribution in [1.29, 1.82) is 5.26 Å². The van der Waals surface area contributed by atoms with Crippen molar-refractivity contribution in [2.45, 2.75) is 18.9 Å². The summed E-state index contributed by atoms with van der Waals surface area (Å²) in [5.74, 6) is 2.83. The first-order valence-electron chi connectivity index (χ1n) is 10.6. The zero-order chi connectivity index (χ0) is 26.2. The van der Waals surface area contributed by atoms with Crippen LogP contribution in [0.5, 0.6) is 0 Å². The summed E-state index contributed by atoms with van der Waals surface area (Å²) in [6.45, 7) is 1.68. The van der Waals surface area contributed by atoms with E-state index in [0.29, 0.717) is 5.69 Å². The van der Waals surface area contributed by atoms with E-state index in [4.69, 9.17) is 5.73 Å². The van der Waals surface area contributed by atoms with Crippen LogP contribution in [0.3, 0.4) is 0 Å². The fourth-order valence-corrected chi connectivity index (χ4v) is 3.95. The number of rotatable bonds is 4. The standard InChI is InChI=1S/C26H19F2N5O3/c1-15-5-7-20(25(35)32(15)2)26(36,21-12-17(27)6-8-22(21)28)10-3-4-18-19(24(30)34)9-11-33-23(18)16(13-29)14-31-33/h5-9,11-12,14,36H,10H2,1-2H3,(H2,30,34). The lowest BCUT2D eigenvalue weighted by molar-refractivity contribution is 0.0800. The number of benzene rings is 1. The topological polar surface area (TPSA) is 126 Å². The maximum atomic E-state index is 14.9. The minimum atomic E-state index is -2.35. The number of pyridine rings is 2. The first-order chi connectivity index (χ1) is 17.1. The second kappa shape index (κ2) is 9.10. The molecule has 1 aromatic carbocycles. The summed E-state index contributed by atoms with van der Waals surface area (Å²) in [6.07, 6.45) is 2.18. The van der Waals surface area contributed by atoms with Crippen molar-refractivity contribution >= 4 is 11.4 Å². The fourth-order valence-electron chi connectivity index (χ4n) is 3.95. The largest absolute Gasteiger partial charge is 0.379 e. The number of nitrogens with two attached hydrogens (primary N) is 1. The molecule has 0 fully saturated rings. The van der Waals surface area contributed by atoms with E-state index in [9.17, 15) is 28.7 Å². The number of nitriles is 1. The van der Waals surface area contributed by atoms with E-state index in [2.05, 4.69) is 16.9 Å². The van der Waals surface area contributed by atoms with Crippen LogP contribution < -0.4 is 11.3 Å². The van der Waals surface area contributed by atoms with Crippen molar-refractivity contribution in [1.82, 2.24) is 14.2 Å².